The summed E-state index contributed by atoms with van der Waals surface area (Å²) in [6, 6.07) is 27.6. The Labute approximate surface area is 694 Å². The third-order valence-corrected chi connectivity index (χ3v) is 23.0. The van der Waals surface area contributed by atoms with Crippen molar-refractivity contribution in [2.45, 2.75) is 131 Å². The number of hydrogen-bond acceptors (Lipinski definition) is 2. The van der Waals surface area contributed by atoms with E-state index in [1.165, 1.54) is 47.0 Å². The van der Waals surface area contributed by atoms with Gasteiger partial charge in [0, 0.05) is 55.8 Å². The summed E-state index contributed by atoms with van der Waals surface area (Å²) < 4.78 is 377. The summed E-state index contributed by atoms with van der Waals surface area (Å²) in [5.41, 5.74) is -18.2. The highest BCUT2D eigenvalue weighted by molar-refractivity contribution is 7.00. The minimum atomic E-state index is -2.76. The molecular formula is C98H72BF20N3. The van der Waals surface area contributed by atoms with Gasteiger partial charge < -0.3 is 14.4 Å². The molecule has 0 fully saturated rings. The van der Waals surface area contributed by atoms with E-state index in [4.69, 9.17) is 1.37 Å². The Bertz CT molecular complexity index is 6450. The molecule has 0 bridgehead atoms. The Balaban J connectivity index is 1.23. The van der Waals surface area contributed by atoms with Gasteiger partial charge in [-0.15, -0.1) is 0 Å². The van der Waals surface area contributed by atoms with Gasteiger partial charge in [-0.25, -0.2) is 87.8 Å². The SMILES string of the molecule is [2H]c1c([2H])c([2H])c2c(c1[2H])c1cc(C(C)(C)C)ccc1n2-c1cc2c3c(c1)N(c1c(-c4c(F)c(F)c(F)c(F)c4F)cccc1-c1c(F)c(F)c(F)c(F)c1F)c1ccc(-c4cc(C(C)(C)C)cc(C(C)(C)C)c4)cc1B3c1cc(-c3cc(C(C)(C)C)cc(C(C)(C)C)c3)ccc1N2c1c(-c2c(F)c(F)c(F)c(F)c2F)cccc1-c1c(F)c(F)c(F)c(F)c1F. The first-order chi connectivity index (χ1) is 58.7. The van der Waals surface area contributed by atoms with Crippen molar-refractivity contribution in [2.75, 3.05) is 9.80 Å². The third-order valence-electron chi connectivity index (χ3n) is 23.0. The average Bonchev–Trinajstić information content (AvgIpc) is 0.740. The molecule has 622 valence electrons. The first kappa shape index (κ1) is 78.5. The molecule has 2 aliphatic heterocycles. The van der Waals surface area contributed by atoms with Gasteiger partial charge in [-0.2, -0.15) is 0 Å². The minimum absolute atomic E-state index is 0.0314. The van der Waals surface area contributed by atoms with E-state index in [0.29, 0.717) is 53.1 Å². The zero-order valence-corrected chi connectivity index (χ0v) is 67.8. The van der Waals surface area contributed by atoms with Crippen LogP contribution in [0.4, 0.5) is 122 Å². The molecule has 0 N–H and O–H groups in total. The highest BCUT2D eigenvalue weighted by Gasteiger charge is 2.49. The molecule has 2 aliphatic rings. The van der Waals surface area contributed by atoms with E-state index < -0.39 is 270 Å². The largest absolute Gasteiger partial charge is 0.310 e. The first-order valence-electron chi connectivity index (χ1n) is 40.5. The van der Waals surface area contributed by atoms with Gasteiger partial charge in [0.1, 0.15) is 0 Å². The molecule has 0 aliphatic carbocycles. The highest BCUT2D eigenvalue weighted by Crippen LogP contribution is 2.57. The van der Waals surface area contributed by atoms with E-state index in [0.717, 1.165) is 44.2 Å². The van der Waals surface area contributed by atoms with Gasteiger partial charge in [-0.3, -0.25) is 0 Å². The van der Waals surface area contributed by atoms with Crippen LogP contribution in [-0.4, -0.2) is 11.3 Å². The Morgan fingerprint density at radius 3 is 0.861 bits per heavy atom. The molecule has 0 spiro atoms. The van der Waals surface area contributed by atoms with Crippen molar-refractivity contribution in [3.05, 3.63) is 308 Å². The molecular weight excluding hydrogens is 1610 g/mol. The van der Waals surface area contributed by atoms with Gasteiger partial charge in [-0.1, -0.05) is 225 Å². The molecule has 1 aromatic heterocycles. The van der Waals surface area contributed by atoms with Crippen LogP contribution in [0.2, 0.25) is 0 Å². The summed E-state index contributed by atoms with van der Waals surface area (Å²) >= 11 is 0. The van der Waals surface area contributed by atoms with Gasteiger partial charge in [0.05, 0.1) is 55.8 Å². The fourth-order valence-corrected chi connectivity index (χ4v) is 16.5. The molecule has 0 atom stereocenters. The Morgan fingerprint density at radius 2 is 0.557 bits per heavy atom. The van der Waals surface area contributed by atoms with Gasteiger partial charge >= 0.3 is 0 Å². The lowest BCUT2D eigenvalue weighted by atomic mass is 9.33. The molecule has 0 amide bonds. The fourth-order valence-electron chi connectivity index (χ4n) is 16.5. The quantitative estimate of drug-likeness (QED) is 0.0618. The molecule has 0 saturated heterocycles. The van der Waals surface area contributed by atoms with Crippen LogP contribution in [0.25, 0.3) is 94.3 Å². The number of nitrogens with zero attached hydrogens (tertiary/aromatic N) is 3. The molecule has 3 nitrogen and oxygen atoms in total. The molecule has 3 heterocycles. The zero-order valence-electron chi connectivity index (χ0n) is 71.8. The van der Waals surface area contributed by atoms with Crippen molar-refractivity contribution in [1.82, 2.24) is 4.57 Å². The number of hydrogen-bond donors (Lipinski definition) is 0. The number of para-hydroxylation sites is 3. The second kappa shape index (κ2) is 28.8. The van der Waals surface area contributed by atoms with Crippen molar-refractivity contribution < 1.29 is 93.3 Å². The summed E-state index contributed by atoms with van der Waals surface area (Å²) in [5.74, 6) is -53.6. The molecule has 16 rings (SSSR count). The van der Waals surface area contributed by atoms with Crippen LogP contribution in [0.5, 0.6) is 0 Å². The third kappa shape index (κ3) is 13.0. The summed E-state index contributed by atoms with van der Waals surface area (Å²) in [6.07, 6.45) is 0. The zero-order chi connectivity index (χ0) is 91.8. The lowest BCUT2D eigenvalue weighted by Crippen LogP contribution is -2.61. The number of halogens is 20. The van der Waals surface area contributed by atoms with Gasteiger partial charge in [0.25, 0.3) is 6.71 Å². The first-order valence-corrected chi connectivity index (χ1v) is 38.5. The maximum atomic E-state index is 17.7. The van der Waals surface area contributed by atoms with Crippen LogP contribution in [0.1, 0.15) is 137 Å². The van der Waals surface area contributed by atoms with E-state index in [1.807, 2.05) is 119 Å². The number of anilines is 6. The van der Waals surface area contributed by atoms with Crippen molar-refractivity contribution in [3.8, 4) is 72.4 Å². The summed E-state index contributed by atoms with van der Waals surface area (Å²) in [5, 5.41) is -0.217. The molecule has 122 heavy (non-hydrogen) atoms. The number of fused-ring (bicyclic) bond motifs is 7. The Hall–Kier alpha value is -12.1. The molecule has 0 radical (unpaired) electrons. The summed E-state index contributed by atoms with van der Waals surface area (Å²) in [6.45, 7) is 26.7. The van der Waals surface area contributed by atoms with Crippen LogP contribution in [0.15, 0.2) is 164 Å². The second-order valence-electron chi connectivity index (χ2n) is 35.9. The molecule has 0 saturated carbocycles. The van der Waals surface area contributed by atoms with Crippen molar-refractivity contribution in [1.29, 1.82) is 0 Å². The highest BCUT2D eigenvalue weighted by atomic mass is 19.2. The lowest BCUT2D eigenvalue weighted by Gasteiger charge is -2.46. The predicted octanol–water partition coefficient (Wildman–Crippen LogP) is 28.1. The van der Waals surface area contributed by atoms with E-state index >= 15 is 87.8 Å². The monoisotopic (exact) mass is 1690 g/mol. The van der Waals surface area contributed by atoms with Crippen LogP contribution < -0.4 is 26.2 Å². The van der Waals surface area contributed by atoms with Crippen LogP contribution in [0.3, 0.4) is 0 Å². The number of benzene rings is 13. The number of rotatable bonds is 9. The van der Waals surface area contributed by atoms with Crippen LogP contribution in [0, 0.1) is 116 Å². The summed E-state index contributed by atoms with van der Waals surface area (Å²) in [7, 11) is 0. The lowest BCUT2D eigenvalue weighted by molar-refractivity contribution is 0.381. The van der Waals surface area contributed by atoms with Crippen LogP contribution >= 0.6 is 0 Å². The normalized spacial score (nSPS) is 13.6. The molecule has 24 heteroatoms. The molecule has 14 aromatic rings. The van der Waals surface area contributed by atoms with Crippen molar-refractivity contribution in [2.24, 2.45) is 0 Å². The minimum Gasteiger partial charge on any atom is -0.310 e. The number of aromatic nitrogens is 1. The van der Waals surface area contributed by atoms with E-state index in [2.05, 4.69) is 0 Å². The topological polar surface area (TPSA) is 11.4 Å². The summed E-state index contributed by atoms with van der Waals surface area (Å²) in [4.78, 5) is 1.70. The molecule has 0 unspecified atom stereocenters. The standard InChI is InChI=1S/C98H72BF20N3/c1-94(2,3)47-28-31-62-58(40-47)53-20-16-17-25-61(53)120(62)52-41-65-71-66(42-52)122(93-56(69-76(104)84(112)90(118)85(113)77(69)105)23-19-24-57(93)70-78(106)86(114)91(119)87(115)79(70)107)64-30-27-44(46-34-50(97(10,11)12)39-51(35-46)98(13,14)15)37-60(64)99(71)59-36-43(45-32-48(95(4,5)6)38-49(33-45)96(7,8)9)26-29-63(59)121(65)92-54(67-72(100)80(108)88(116)81(109)73(67)101)21-18-22-55(92)68-74(102)82(110)89(117)83(111)75(68)103/h16-42H,1-15H3/i16D,17D,20D,25D. The van der Waals surface area contributed by atoms with E-state index in [1.54, 1.807) is 32.9 Å². The van der Waals surface area contributed by atoms with Crippen LogP contribution in [-0.2, 0) is 27.1 Å². The maximum absolute atomic E-state index is 17.7. The smallest absolute Gasteiger partial charge is 0.252 e. The van der Waals surface area contributed by atoms with Gasteiger partial charge in [0.15, 0.2) is 93.1 Å². The predicted molar refractivity (Wildman–Crippen MR) is 440 cm³/mol. The van der Waals surface area contributed by atoms with E-state index in [-0.39, 0.29) is 38.3 Å². The van der Waals surface area contributed by atoms with E-state index in [9.17, 15) is 4.11 Å². The average molecular weight is 1690 g/mol. The maximum Gasteiger partial charge on any atom is 0.252 e. The van der Waals surface area contributed by atoms with Crippen molar-refractivity contribution in [3.63, 3.8) is 0 Å². The second-order valence-corrected chi connectivity index (χ2v) is 35.9. The van der Waals surface area contributed by atoms with Gasteiger partial charge in [0.2, 0.25) is 23.3 Å². The fraction of sp³-hybridized carbons (Fsp3) is 0.204. The van der Waals surface area contributed by atoms with Gasteiger partial charge in [-0.05, 0) is 136 Å². The van der Waals surface area contributed by atoms with Crippen molar-refractivity contribution >= 4 is 79.0 Å². The Kier molecular flexibility index (Phi) is 18.5. The Morgan fingerprint density at radius 1 is 0.262 bits per heavy atom. The molecule has 13 aromatic carbocycles.